The van der Waals surface area contributed by atoms with Crippen LogP contribution in [0, 0.1) is 11.6 Å². The van der Waals surface area contributed by atoms with Crippen molar-refractivity contribution < 1.29 is 18.0 Å². The van der Waals surface area contributed by atoms with Gasteiger partial charge in [-0.2, -0.15) is 0 Å². The Morgan fingerprint density at radius 1 is 0.900 bits per heavy atom. The minimum absolute atomic E-state index is 0.156. The van der Waals surface area contributed by atoms with Crippen molar-refractivity contribution in [3.05, 3.63) is 102 Å². The molecular weight excluding hydrogens is 390 g/mol. The predicted molar refractivity (Wildman–Crippen MR) is 107 cm³/mol. The molecule has 0 aliphatic heterocycles. The standard InChI is InChI=1S/C22H16F2N4O2/c23-16-11-12-18(17(24)13-16)25-22(29)26-19(14-7-3-1-4-8-14)21-28-27-20(30-21)15-9-5-2-6-10-15/h1-13,19H,(H2,25,26,29)/t19-/m1/s1. The number of aromatic nitrogens is 2. The average molecular weight is 406 g/mol. The van der Waals surface area contributed by atoms with Crippen molar-refractivity contribution >= 4 is 11.7 Å². The van der Waals surface area contributed by atoms with Gasteiger partial charge in [-0.25, -0.2) is 13.6 Å². The second-order valence-corrected chi connectivity index (χ2v) is 6.38. The van der Waals surface area contributed by atoms with Gasteiger partial charge in [0.1, 0.15) is 17.7 Å². The summed E-state index contributed by atoms with van der Waals surface area (Å²) in [6, 6.07) is 19.6. The van der Waals surface area contributed by atoms with Crippen molar-refractivity contribution in [3.8, 4) is 11.5 Å². The first-order valence-electron chi connectivity index (χ1n) is 9.06. The van der Waals surface area contributed by atoms with Gasteiger partial charge in [0.2, 0.25) is 11.8 Å². The fourth-order valence-corrected chi connectivity index (χ4v) is 2.86. The number of carbonyl (C=O) groups excluding carboxylic acids is 1. The first kappa shape index (κ1) is 19.3. The fraction of sp³-hybridized carbons (Fsp3) is 0.0455. The minimum Gasteiger partial charge on any atom is -0.418 e. The van der Waals surface area contributed by atoms with Crippen molar-refractivity contribution in [1.29, 1.82) is 0 Å². The molecule has 0 fully saturated rings. The van der Waals surface area contributed by atoms with E-state index in [0.717, 1.165) is 17.7 Å². The molecule has 0 saturated heterocycles. The van der Waals surface area contributed by atoms with Crippen molar-refractivity contribution in [2.45, 2.75) is 6.04 Å². The summed E-state index contributed by atoms with van der Waals surface area (Å²) in [6.07, 6.45) is 0. The molecule has 0 bridgehead atoms. The highest BCUT2D eigenvalue weighted by atomic mass is 19.1. The highest BCUT2D eigenvalue weighted by Gasteiger charge is 2.24. The fourth-order valence-electron chi connectivity index (χ4n) is 2.86. The highest BCUT2D eigenvalue weighted by Crippen LogP contribution is 2.25. The predicted octanol–water partition coefficient (Wildman–Crippen LogP) is 4.93. The summed E-state index contributed by atoms with van der Waals surface area (Å²) >= 11 is 0. The highest BCUT2D eigenvalue weighted by molar-refractivity contribution is 5.89. The van der Waals surface area contributed by atoms with Gasteiger partial charge in [-0.05, 0) is 29.8 Å². The summed E-state index contributed by atoms with van der Waals surface area (Å²) in [5, 5.41) is 13.2. The molecule has 3 aromatic carbocycles. The molecule has 0 aliphatic carbocycles. The third-order valence-electron chi connectivity index (χ3n) is 4.30. The van der Waals surface area contributed by atoms with Crippen LogP contribution in [0.25, 0.3) is 11.5 Å². The van der Waals surface area contributed by atoms with Crippen LogP contribution < -0.4 is 10.6 Å². The van der Waals surface area contributed by atoms with E-state index in [0.29, 0.717) is 17.5 Å². The maximum absolute atomic E-state index is 13.9. The Kier molecular flexibility index (Phi) is 5.47. The lowest BCUT2D eigenvalue weighted by Crippen LogP contribution is -2.33. The van der Waals surface area contributed by atoms with Crippen LogP contribution in [0.15, 0.2) is 83.3 Å². The van der Waals surface area contributed by atoms with E-state index in [-0.39, 0.29) is 11.6 Å². The van der Waals surface area contributed by atoms with Crippen molar-refractivity contribution in [2.75, 3.05) is 5.32 Å². The van der Waals surface area contributed by atoms with Gasteiger partial charge in [0.05, 0.1) is 5.69 Å². The summed E-state index contributed by atoms with van der Waals surface area (Å²) in [6.45, 7) is 0. The lowest BCUT2D eigenvalue weighted by atomic mass is 10.1. The summed E-state index contributed by atoms with van der Waals surface area (Å²) in [4.78, 5) is 12.5. The quantitative estimate of drug-likeness (QED) is 0.493. The monoisotopic (exact) mass is 406 g/mol. The molecular formula is C22H16F2N4O2. The van der Waals surface area contributed by atoms with Gasteiger partial charge >= 0.3 is 6.03 Å². The zero-order chi connectivity index (χ0) is 20.9. The maximum atomic E-state index is 13.9. The van der Waals surface area contributed by atoms with Gasteiger partial charge in [-0.15, -0.1) is 10.2 Å². The van der Waals surface area contributed by atoms with Crippen LogP contribution in [-0.4, -0.2) is 16.2 Å². The number of hydrogen-bond donors (Lipinski definition) is 2. The molecule has 0 saturated carbocycles. The van der Waals surface area contributed by atoms with Gasteiger partial charge in [0, 0.05) is 11.6 Å². The van der Waals surface area contributed by atoms with E-state index in [1.165, 1.54) is 0 Å². The number of benzene rings is 3. The molecule has 30 heavy (non-hydrogen) atoms. The van der Waals surface area contributed by atoms with E-state index in [1.54, 1.807) is 24.3 Å². The number of anilines is 1. The summed E-state index contributed by atoms with van der Waals surface area (Å²) in [5.41, 5.74) is 1.27. The van der Waals surface area contributed by atoms with Gasteiger partial charge in [-0.1, -0.05) is 48.5 Å². The Hall–Kier alpha value is -4.07. The summed E-state index contributed by atoms with van der Waals surface area (Å²) in [7, 11) is 0. The molecule has 4 aromatic rings. The second-order valence-electron chi connectivity index (χ2n) is 6.38. The SMILES string of the molecule is O=C(Nc1ccc(F)cc1F)N[C@H](c1ccccc1)c1nnc(-c2ccccc2)o1. The molecule has 4 rings (SSSR count). The van der Waals surface area contributed by atoms with Crippen molar-refractivity contribution in [3.63, 3.8) is 0 Å². The Labute approximate surface area is 170 Å². The number of rotatable bonds is 5. The molecule has 1 heterocycles. The third kappa shape index (κ3) is 4.33. The van der Waals surface area contributed by atoms with Crippen molar-refractivity contribution in [2.24, 2.45) is 0 Å². The van der Waals surface area contributed by atoms with Gasteiger partial charge in [-0.3, -0.25) is 0 Å². The van der Waals surface area contributed by atoms with Crippen LogP contribution in [0.2, 0.25) is 0 Å². The number of urea groups is 1. The molecule has 2 N–H and O–H groups in total. The van der Waals surface area contributed by atoms with E-state index < -0.39 is 23.7 Å². The van der Waals surface area contributed by atoms with Crippen molar-refractivity contribution in [1.82, 2.24) is 15.5 Å². The van der Waals surface area contributed by atoms with E-state index >= 15 is 0 Å². The Morgan fingerprint density at radius 2 is 1.60 bits per heavy atom. The van der Waals surface area contributed by atoms with E-state index in [1.807, 2.05) is 36.4 Å². The van der Waals surface area contributed by atoms with Gasteiger partial charge in [0.15, 0.2) is 0 Å². The molecule has 8 heteroatoms. The molecule has 0 unspecified atom stereocenters. The molecule has 0 spiro atoms. The summed E-state index contributed by atoms with van der Waals surface area (Å²) in [5.74, 6) is -1.15. The number of nitrogens with one attached hydrogen (secondary N) is 2. The van der Waals surface area contributed by atoms with Crippen LogP contribution >= 0.6 is 0 Å². The largest absolute Gasteiger partial charge is 0.418 e. The lowest BCUT2D eigenvalue weighted by molar-refractivity contribution is 0.248. The van der Waals surface area contributed by atoms with E-state index in [2.05, 4.69) is 20.8 Å². The van der Waals surface area contributed by atoms with Gasteiger partial charge < -0.3 is 15.1 Å². The molecule has 6 nitrogen and oxygen atoms in total. The maximum Gasteiger partial charge on any atom is 0.320 e. The number of amides is 2. The number of hydrogen-bond acceptors (Lipinski definition) is 4. The Morgan fingerprint density at radius 3 is 2.30 bits per heavy atom. The zero-order valence-corrected chi connectivity index (χ0v) is 15.5. The molecule has 2 amide bonds. The van der Waals surface area contributed by atoms with Crippen LogP contribution in [0.3, 0.4) is 0 Å². The molecule has 0 radical (unpaired) electrons. The smallest absolute Gasteiger partial charge is 0.320 e. The first-order chi connectivity index (χ1) is 14.6. The van der Waals surface area contributed by atoms with Crippen LogP contribution in [0.4, 0.5) is 19.3 Å². The molecule has 150 valence electrons. The molecule has 1 aromatic heterocycles. The van der Waals surface area contributed by atoms with E-state index in [4.69, 9.17) is 4.42 Å². The molecule has 1 atom stereocenters. The Bertz CT molecular complexity index is 1150. The first-order valence-corrected chi connectivity index (χ1v) is 9.06. The zero-order valence-electron chi connectivity index (χ0n) is 15.5. The summed E-state index contributed by atoms with van der Waals surface area (Å²) < 4.78 is 32.7. The minimum atomic E-state index is -0.884. The number of nitrogens with zero attached hydrogens (tertiary/aromatic N) is 2. The second kappa shape index (κ2) is 8.52. The Balaban J connectivity index is 1.60. The normalized spacial score (nSPS) is 11.7. The van der Waals surface area contributed by atoms with Crippen LogP contribution in [-0.2, 0) is 0 Å². The number of halogens is 2. The topological polar surface area (TPSA) is 80.0 Å². The van der Waals surface area contributed by atoms with Crippen LogP contribution in [0.5, 0.6) is 0 Å². The van der Waals surface area contributed by atoms with E-state index in [9.17, 15) is 13.6 Å². The molecule has 0 aliphatic rings. The third-order valence-corrected chi connectivity index (χ3v) is 4.30. The number of carbonyl (C=O) groups is 1. The average Bonchev–Trinajstić information content (AvgIpc) is 3.25. The lowest BCUT2D eigenvalue weighted by Gasteiger charge is -2.16. The van der Waals surface area contributed by atoms with Crippen LogP contribution in [0.1, 0.15) is 17.5 Å². The van der Waals surface area contributed by atoms with Gasteiger partial charge in [0.25, 0.3) is 0 Å².